The molecular formula is C14H21NO. The second kappa shape index (κ2) is 5.90. The van der Waals surface area contributed by atoms with Crippen molar-refractivity contribution in [1.82, 2.24) is 0 Å². The first-order valence-electron chi connectivity index (χ1n) is 6.28. The summed E-state index contributed by atoms with van der Waals surface area (Å²) in [5.41, 5.74) is 6.08. The highest BCUT2D eigenvalue weighted by molar-refractivity contribution is 5.20. The number of benzene rings is 1. The third-order valence-corrected chi connectivity index (χ3v) is 3.32. The van der Waals surface area contributed by atoms with Crippen LogP contribution in [0.25, 0.3) is 0 Å². The van der Waals surface area contributed by atoms with Crippen molar-refractivity contribution in [3.63, 3.8) is 0 Å². The SMILES string of the molecule is NC(COc1ccccc1)CC1CCCC1. The van der Waals surface area contributed by atoms with E-state index in [4.69, 9.17) is 10.5 Å². The molecule has 1 aromatic rings. The number of para-hydroxylation sites is 1. The maximum absolute atomic E-state index is 6.08. The Hall–Kier alpha value is -1.02. The summed E-state index contributed by atoms with van der Waals surface area (Å²) in [4.78, 5) is 0. The Morgan fingerprint density at radius 2 is 1.88 bits per heavy atom. The van der Waals surface area contributed by atoms with Crippen LogP contribution in [0.4, 0.5) is 0 Å². The minimum Gasteiger partial charge on any atom is -0.492 e. The fourth-order valence-electron chi connectivity index (χ4n) is 2.46. The van der Waals surface area contributed by atoms with E-state index in [1.165, 1.54) is 25.7 Å². The lowest BCUT2D eigenvalue weighted by Crippen LogP contribution is -2.29. The van der Waals surface area contributed by atoms with Gasteiger partial charge in [-0.25, -0.2) is 0 Å². The fraction of sp³-hybridized carbons (Fsp3) is 0.571. The van der Waals surface area contributed by atoms with Gasteiger partial charge in [-0.05, 0) is 24.5 Å². The van der Waals surface area contributed by atoms with Crippen molar-refractivity contribution in [2.45, 2.75) is 38.1 Å². The lowest BCUT2D eigenvalue weighted by molar-refractivity contribution is 0.265. The molecular weight excluding hydrogens is 198 g/mol. The van der Waals surface area contributed by atoms with Crippen LogP contribution in [-0.4, -0.2) is 12.6 Å². The molecule has 2 N–H and O–H groups in total. The predicted octanol–water partition coefficient (Wildman–Crippen LogP) is 2.97. The van der Waals surface area contributed by atoms with E-state index in [0.717, 1.165) is 18.1 Å². The minimum atomic E-state index is 0.184. The molecule has 1 atom stereocenters. The lowest BCUT2D eigenvalue weighted by Gasteiger charge is -2.16. The highest BCUT2D eigenvalue weighted by Crippen LogP contribution is 2.28. The molecule has 2 heteroatoms. The molecule has 1 fully saturated rings. The average molecular weight is 219 g/mol. The van der Waals surface area contributed by atoms with E-state index in [1.54, 1.807) is 0 Å². The minimum absolute atomic E-state index is 0.184. The van der Waals surface area contributed by atoms with Crippen LogP contribution < -0.4 is 10.5 Å². The Balaban J connectivity index is 1.69. The fourth-order valence-corrected chi connectivity index (χ4v) is 2.46. The van der Waals surface area contributed by atoms with Crippen LogP contribution in [0.3, 0.4) is 0 Å². The molecule has 2 rings (SSSR count). The first kappa shape index (κ1) is 11.5. The van der Waals surface area contributed by atoms with E-state index in [0.29, 0.717) is 6.61 Å². The Bertz CT molecular complexity index is 293. The Kier molecular flexibility index (Phi) is 4.23. The Morgan fingerprint density at radius 1 is 1.19 bits per heavy atom. The summed E-state index contributed by atoms with van der Waals surface area (Å²) in [6.07, 6.45) is 6.61. The van der Waals surface area contributed by atoms with Gasteiger partial charge in [0.25, 0.3) is 0 Å². The molecule has 2 nitrogen and oxygen atoms in total. The van der Waals surface area contributed by atoms with E-state index in [-0.39, 0.29) is 6.04 Å². The van der Waals surface area contributed by atoms with Gasteiger partial charge in [0.05, 0.1) is 0 Å². The zero-order chi connectivity index (χ0) is 11.2. The topological polar surface area (TPSA) is 35.2 Å². The van der Waals surface area contributed by atoms with Crippen LogP contribution in [0.2, 0.25) is 0 Å². The molecule has 0 radical (unpaired) electrons. The quantitative estimate of drug-likeness (QED) is 0.826. The van der Waals surface area contributed by atoms with Crippen LogP contribution in [0, 0.1) is 5.92 Å². The molecule has 0 aromatic heterocycles. The third-order valence-electron chi connectivity index (χ3n) is 3.32. The largest absolute Gasteiger partial charge is 0.492 e. The van der Waals surface area contributed by atoms with Crippen LogP contribution in [0.5, 0.6) is 5.75 Å². The number of hydrogen-bond donors (Lipinski definition) is 1. The first-order chi connectivity index (χ1) is 7.84. The third kappa shape index (κ3) is 3.53. The first-order valence-corrected chi connectivity index (χ1v) is 6.28. The van der Waals surface area contributed by atoms with E-state index < -0.39 is 0 Å². The molecule has 1 aliphatic carbocycles. The number of hydrogen-bond acceptors (Lipinski definition) is 2. The van der Waals surface area contributed by atoms with Gasteiger partial charge < -0.3 is 10.5 Å². The lowest BCUT2D eigenvalue weighted by atomic mass is 9.99. The van der Waals surface area contributed by atoms with E-state index >= 15 is 0 Å². The van der Waals surface area contributed by atoms with Gasteiger partial charge in [0.15, 0.2) is 0 Å². The maximum atomic E-state index is 6.08. The standard InChI is InChI=1S/C14H21NO/c15-13(10-12-6-4-5-7-12)11-16-14-8-2-1-3-9-14/h1-3,8-9,12-13H,4-7,10-11,15H2. The number of rotatable bonds is 5. The van der Waals surface area contributed by atoms with Gasteiger partial charge in [-0.3, -0.25) is 0 Å². The maximum Gasteiger partial charge on any atom is 0.119 e. The van der Waals surface area contributed by atoms with Gasteiger partial charge >= 0.3 is 0 Å². The van der Waals surface area contributed by atoms with Crippen LogP contribution >= 0.6 is 0 Å². The summed E-state index contributed by atoms with van der Waals surface area (Å²) >= 11 is 0. The molecule has 1 unspecified atom stereocenters. The molecule has 0 heterocycles. The molecule has 1 saturated carbocycles. The van der Waals surface area contributed by atoms with Gasteiger partial charge in [0, 0.05) is 6.04 Å². The van der Waals surface area contributed by atoms with Crippen molar-refractivity contribution in [2.75, 3.05) is 6.61 Å². The van der Waals surface area contributed by atoms with Gasteiger partial charge in [-0.15, -0.1) is 0 Å². The smallest absolute Gasteiger partial charge is 0.119 e. The van der Waals surface area contributed by atoms with Crippen molar-refractivity contribution >= 4 is 0 Å². The van der Waals surface area contributed by atoms with E-state index in [2.05, 4.69) is 0 Å². The van der Waals surface area contributed by atoms with Gasteiger partial charge in [0.2, 0.25) is 0 Å². The monoisotopic (exact) mass is 219 g/mol. The summed E-state index contributed by atoms with van der Waals surface area (Å²) in [5.74, 6) is 1.76. The molecule has 88 valence electrons. The van der Waals surface area contributed by atoms with Crippen molar-refractivity contribution in [2.24, 2.45) is 11.7 Å². The zero-order valence-corrected chi connectivity index (χ0v) is 9.77. The summed E-state index contributed by atoms with van der Waals surface area (Å²) in [5, 5.41) is 0. The average Bonchev–Trinajstić information content (AvgIpc) is 2.81. The van der Waals surface area contributed by atoms with Gasteiger partial charge in [-0.1, -0.05) is 43.9 Å². The van der Waals surface area contributed by atoms with Crippen molar-refractivity contribution in [3.05, 3.63) is 30.3 Å². The Morgan fingerprint density at radius 3 is 2.56 bits per heavy atom. The number of nitrogens with two attached hydrogens (primary N) is 1. The second-order valence-corrected chi connectivity index (χ2v) is 4.77. The van der Waals surface area contributed by atoms with Crippen LogP contribution in [0.1, 0.15) is 32.1 Å². The van der Waals surface area contributed by atoms with Gasteiger partial charge in [-0.2, -0.15) is 0 Å². The Labute approximate surface area is 97.8 Å². The summed E-state index contributed by atoms with van der Waals surface area (Å²) in [6.45, 7) is 0.639. The molecule has 1 aliphatic rings. The number of ether oxygens (including phenoxy) is 1. The van der Waals surface area contributed by atoms with E-state index in [9.17, 15) is 0 Å². The van der Waals surface area contributed by atoms with Crippen molar-refractivity contribution in [1.29, 1.82) is 0 Å². The molecule has 0 aliphatic heterocycles. The van der Waals surface area contributed by atoms with Crippen LogP contribution in [0.15, 0.2) is 30.3 Å². The summed E-state index contributed by atoms with van der Waals surface area (Å²) in [7, 11) is 0. The molecule has 16 heavy (non-hydrogen) atoms. The molecule has 0 amide bonds. The van der Waals surface area contributed by atoms with Gasteiger partial charge in [0.1, 0.15) is 12.4 Å². The summed E-state index contributed by atoms with van der Waals surface area (Å²) < 4.78 is 5.65. The highest BCUT2D eigenvalue weighted by atomic mass is 16.5. The van der Waals surface area contributed by atoms with Crippen LogP contribution in [-0.2, 0) is 0 Å². The summed E-state index contributed by atoms with van der Waals surface area (Å²) in [6, 6.07) is 10.1. The molecule has 1 aromatic carbocycles. The predicted molar refractivity (Wildman–Crippen MR) is 66.5 cm³/mol. The molecule has 0 bridgehead atoms. The van der Waals surface area contributed by atoms with E-state index in [1.807, 2.05) is 30.3 Å². The normalized spacial score (nSPS) is 18.6. The molecule has 0 saturated heterocycles. The van der Waals surface area contributed by atoms with Crippen molar-refractivity contribution < 1.29 is 4.74 Å². The highest BCUT2D eigenvalue weighted by Gasteiger charge is 2.18. The molecule has 0 spiro atoms. The second-order valence-electron chi connectivity index (χ2n) is 4.77. The van der Waals surface area contributed by atoms with Crippen molar-refractivity contribution in [3.8, 4) is 5.75 Å². The zero-order valence-electron chi connectivity index (χ0n) is 9.77.